The zero-order valence-electron chi connectivity index (χ0n) is 10.1. The van der Waals surface area contributed by atoms with Crippen LogP contribution in [0.15, 0.2) is 29.2 Å². The summed E-state index contributed by atoms with van der Waals surface area (Å²) in [6.45, 7) is 0. The summed E-state index contributed by atoms with van der Waals surface area (Å²) in [7, 11) is 0. The molecule has 1 nitrogen and oxygen atoms in total. The summed E-state index contributed by atoms with van der Waals surface area (Å²) >= 11 is 0.601. The highest BCUT2D eigenvalue weighted by Crippen LogP contribution is 2.45. The molecule has 3 rings (SSSR count). The average molecular weight is 269 g/mol. The second-order valence-electron chi connectivity index (χ2n) is 5.33. The Hall–Kier alpha value is -0.770. The van der Waals surface area contributed by atoms with Crippen LogP contribution in [-0.2, 0) is 0 Å². The number of fused-ring (bicyclic) bond motifs is 2. The van der Waals surface area contributed by atoms with Gasteiger partial charge < -0.3 is 5.32 Å². The Morgan fingerprint density at radius 3 is 2.44 bits per heavy atom. The molecule has 3 unspecified atom stereocenters. The molecule has 0 radical (unpaired) electrons. The van der Waals surface area contributed by atoms with Crippen LogP contribution >= 0.6 is 11.8 Å². The van der Waals surface area contributed by atoms with E-state index in [0.29, 0.717) is 22.7 Å². The van der Waals surface area contributed by atoms with Crippen molar-refractivity contribution in [3.8, 4) is 0 Å². The molecule has 2 aliphatic rings. The molecular weight excluding hydrogens is 252 g/mol. The number of halogens is 2. The van der Waals surface area contributed by atoms with Crippen LogP contribution in [0.1, 0.15) is 25.7 Å². The number of alkyl halides is 2. The summed E-state index contributed by atoms with van der Waals surface area (Å²) in [6, 6.07) is 7.96. The van der Waals surface area contributed by atoms with Crippen molar-refractivity contribution >= 4 is 17.4 Å². The molecule has 1 aromatic rings. The lowest BCUT2D eigenvalue weighted by Gasteiger charge is -2.24. The first-order chi connectivity index (χ1) is 8.70. The van der Waals surface area contributed by atoms with E-state index >= 15 is 0 Å². The van der Waals surface area contributed by atoms with E-state index in [2.05, 4.69) is 5.32 Å². The first kappa shape index (κ1) is 12.3. The lowest BCUT2D eigenvalue weighted by atomic mass is 9.95. The standard InChI is InChI=1S/C14H17F2NS/c15-14(16)18-12-5-3-11(4-6-12)17-13-8-9-1-2-10(13)7-9/h3-6,9-10,13-14,17H,1-2,7-8H2. The smallest absolute Gasteiger partial charge is 0.288 e. The second kappa shape index (κ2) is 5.08. The number of hydrogen-bond acceptors (Lipinski definition) is 2. The molecule has 1 aromatic carbocycles. The second-order valence-corrected chi connectivity index (χ2v) is 6.39. The monoisotopic (exact) mass is 269 g/mol. The molecule has 4 heteroatoms. The van der Waals surface area contributed by atoms with E-state index in [9.17, 15) is 8.78 Å². The molecule has 0 spiro atoms. The zero-order chi connectivity index (χ0) is 12.5. The first-order valence-corrected chi connectivity index (χ1v) is 7.40. The summed E-state index contributed by atoms with van der Waals surface area (Å²) in [5, 5.41) is 3.56. The summed E-state index contributed by atoms with van der Waals surface area (Å²) in [5.74, 6) is -0.597. The summed E-state index contributed by atoms with van der Waals surface area (Å²) in [6.07, 6.45) is 5.39. The zero-order valence-corrected chi connectivity index (χ0v) is 10.9. The molecule has 2 saturated carbocycles. The maximum atomic E-state index is 12.2. The van der Waals surface area contributed by atoms with Crippen molar-refractivity contribution in [1.82, 2.24) is 0 Å². The van der Waals surface area contributed by atoms with Crippen LogP contribution in [-0.4, -0.2) is 11.8 Å². The molecule has 0 aliphatic heterocycles. The fraction of sp³-hybridized carbons (Fsp3) is 0.571. The van der Waals surface area contributed by atoms with E-state index in [1.54, 1.807) is 12.1 Å². The maximum Gasteiger partial charge on any atom is 0.288 e. The molecule has 0 saturated heterocycles. The molecule has 2 aliphatic carbocycles. The largest absolute Gasteiger partial charge is 0.382 e. The van der Waals surface area contributed by atoms with Crippen molar-refractivity contribution in [2.45, 2.75) is 42.4 Å². The van der Waals surface area contributed by atoms with E-state index in [-0.39, 0.29) is 0 Å². The lowest BCUT2D eigenvalue weighted by Crippen LogP contribution is -2.25. The number of rotatable bonds is 4. The predicted octanol–water partition coefficient (Wildman–Crippen LogP) is 4.60. The normalized spacial score (nSPS) is 30.1. The number of nitrogens with one attached hydrogen (secondary N) is 1. The average Bonchev–Trinajstić information content (AvgIpc) is 2.93. The van der Waals surface area contributed by atoms with Gasteiger partial charge in [-0.05, 0) is 55.4 Å². The van der Waals surface area contributed by atoms with Crippen molar-refractivity contribution in [1.29, 1.82) is 0 Å². The molecule has 1 N–H and O–H groups in total. The van der Waals surface area contributed by atoms with Gasteiger partial charge in [-0.2, -0.15) is 8.78 Å². The topological polar surface area (TPSA) is 12.0 Å². The SMILES string of the molecule is FC(F)Sc1ccc(NC2CC3CCC2C3)cc1. The van der Waals surface area contributed by atoms with Crippen molar-refractivity contribution in [3.63, 3.8) is 0 Å². The van der Waals surface area contributed by atoms with Crippen LogP contribution in [0.2, 0.25) is 0 Å². The van der Waals surface area contributed by atoms with Crippen LogP contribution in [0.4, 0.5) is 14.5 Å². The first-order valence-electron chi connectivity index (χ1n) is 6.52. The highest BCUT2D eigenvalue weighted by molar-refractivity contribution is 7.99. The predicted molar refractivity (Wildman–Crippen MR) is 71.2 cm³/mol. The summed E-state index contributed by atoms with van der Waals surface area (Å²) < 4.78 is 24.4. The minimum atomic E-state index is -2.34. The molecule has 0 aromatic heterocycles. The van der Waals surface area contributed by atoms with Crippen LogP contribution in [0.5, 0.6) is 0 Å². The Morgan fingerprint density at radius 2 is 1.89 bits per heavy atom. The minimum absolute atomic E-state index is 0.595. The van der Waals surface area contributed by atoms with E-state index < -0.39 is 5.76 Å². The van der Waals surface area contributed by atoms with Gasteiger partial charge in [0.15, 0.2) is 0 Å². The number of anilines is 1. The van der Waals surface area contributed by atoms with Crippen LogP contribution in [0, 0.1) is 11.8 Å². The molecule has 18 heavy (non-hydrogen) atoms. The van der Waals surface area contributed by atoms with Crippen LogP contribution in [0.3, 0.4) is 0 Å². The third kappa shape index (κ3) is 2.63. The molecule has 0 amide bonds. The van der Waals surface area contributed by atoms with Gasteiger partial charge in [-0.15, -0.1) is 0 Å². The lowest BCUT2D eigenvalue weighted by molar-refractivity contribution is 0.252. The van der Waals surface area contributed by atoms with Crippen LogP contribution < -0.4 is 5.32 Å². The quantitative estimate of drug-likeness (QED) is 0.802. The van der Waals surface area contributed by atoms with Gasteiger partial charge in [0.05, 0.1) is 0 Å². The van der Waals surface area contributed by atoms with E-state index in [0.717, 1.165) is 17.5 Å². The maximum absolute atomic E-state index is 12.2. The van der Waals surface area contributed by atoms with Crippen molar-refractivity contribution in [2.75, 3.05) is 5.32 Å². The molecule has 0 heterocycles. The van der Waals surface area contributed by atoms with Crippen LogP contribution in [0.25, 0.3) is 0 Å². The molecule has 2 bridgehead atoms. The Morgan fingerprint density at radius 1 is 1.11 bits per heavy atom. The highest BCUT2D eigenvalue weighted by atomic mass is 32.2. The summed E-state index contributed by atoms with van der Waals surface area (Å²) in [5.41, 5.74) is 1.06. The van der Waals surface area contributed by atoms with Crippen molar-refractivity contribution in [2.24, 2.45) is 11.8 Å². The number of thioether (sulfide) groups is 1. The number of hydrogen-bond donors (Lipinski definition) is 1. The fourth-order valence-electron chi connectivity index (χ4n) is 3.37. The highest BCUT2D eigenvalue weighted by Gasteiger charge is 2.39. The minimum Gasteiger partial charge on any atom is -0.382 e. The molecule has 98 valence electrons. The summed E-state index contributed by atoms with van der Waals surface area (Å²) in [4.78, 5) is 0.628. The van der Waals surface area contributed by atoms with E-state index in [1.807, 2.05) is 12.1 Å². The Labute approximate surface area is 110 Å². The van der Waals surface area contributed by atoms with Gasteiger partial charge >= 0.3 is 0 Å². The van der Waals surface area contributed by atoms with Gasteiger partial charge in [0.25, 0.3) is 5.76 Å². The van der Waals surface area contributed by atoms with E-state index in [4.69, 9.17) is 0 Å². The molecular formula is C14H17F2NS. The molecule has 3 atom stereocenters. The van der Waals surface area contributed by atoms with Crippen molar-refractivity contribution < 1.29 is 8.78 Å². The van der Waals surface area contributed by atoms with Gasteiger partial charge in [-0.3, -0.25) is 0 Å². The van der Waals surface area contributed by atoms with Crippen molar-refractivity contribution in [3.05, 3.63) is 24.3 Å². The van der Waals surface area contributed by atoms with Gasteiger partial charge in [0.2, 0.25) is 0 Å². The molecule has 2 fully saturated rings. The van der Waals surface area contributed by atoms with E-state index in [1.165, 1.54) is 25.7 Å². The third-order valence-corrected chi connectivity index (χ3v) is 4.89. The Balaban J connectivity index is 1.60. The van der Waals surface area contributed by atoms with Gasteiger partial charge in [0, 0.05) is 16.6 Å². The van der Waals surface area contributed by atoms with Gasteiger partial charge in [-0.25, -0.2) is 0 Å². The Kier molecular flexibility index (Phi) is 3.46. The fourth-order valence-corrected chi connectivity index (χ4v) is 3.87. The third-order valence-electron chi connectivity index (χ3n) is 4.17. The number of benzene rings is 1. The Bertz CT molecular complexity index is 407. The van der Waals surface area contributed by atoms with Gasteiger partial charge in [-0.1, -0.05) is 18.2 Å². The van der Waals surface area contributed by atoms with Gasteiger partial charge in [0.1, 0.15) is 0 Å².